The summed E-state index contributed by atoms with van der Waals surface area (Å²) in [5.41, 5.74) is -3.03. The maximum absolute atomic E-state index is 12.9. The summed E-state index contributed by atoms with van der Waals surface area (Å²) >= 11 is 0. The molecule has 11 heteroatoms. The molecule has 1 aromatic carbocycles. The van der Waals surface area contributed by atoms with Crippen molar-refractivity contribution in [3.05, 3.63) is 62.9 Å². The third kappa shape index (κ3) is 5.30. The van der Waals surface area contributed by atoms with E-state index in [1.54, 1.807) is 0 Å². The molecule has 0 bridgehead atoms. The molecule has 144 valence electrons. The highest BCUT2D eigenvalue weighted by Gasteiger charge is 2.34. The van der Waals surface area contributed by atoms with E-state index < -0.39 is 53.2 Å². The highest BCUT2D eigenvalue weighted by molar-refractivity contribution is 5.95. The van der Waals surface area contributed by atoms with Crippen LogP contribution >= 0.6 is 0 Å². The second-order valence-corrected chi connectivity index (χ2v) is 5.40. The molecule has 1 atom stereocenters. The summed E-state index contributed by atoms with van der Waals surface area (Å²) in [6.07, 6.45) is -5.03. The molecule has 2 rings (SSSR count). The minimum Gasteiger partial charge on any atom is -0.451 e. The third-order valence-corrected chi connectivity index (χ3v) is 3.36. The Balaban J connectivity index is 2.03. The Hall–Kier alpha value is -3.37. The number of amides is 1. The molecular formula is C16H14F3N3O5. The van der Waals surface area contributed by atoms with Gasteiger partial charge in [-0.15, -0.1) is 0 Å². The lowest BCUT2D eigenvalue weighted by Crippen LogP contribution is -2.35. The number of rotatable bonds is 5. The lowest BCUT2D eigenvalue weighted by Gasteiger charge is -2.17. The van der Waals surface area contributed by atoms with Crippen LogP contribution in [0.2, 0.25) is 0 Å². The van der Waals surface area contributed by atoms with Gasteiger partial charge in [0.15, 0.2) is 6.10 Å². The first kappa shape index (κ1) is 19.9. The van der Waals surface area contributed by atoms with Gasteiger partial charge >= 0.3 is 17.8 Å². The average molecular weight is 385 g/mol. The standard InChI is InChI=1S/C16H14F3N3O5/c1-9(27-13(24)8-22-7-6-12(23)21-15(22)26)14(25)20-11-5-3-2-4-10(11)16(17,18)19/h2-7,9H,8H2,1H3,(H,20,25)(H,21,23,26)/t9-/m1/s1. The number of hydrogen-bond donors (Lipinski definition) is 2. The molecule has 2 N–H and O–H groups in total. The molecule has 1 aromatic heterocycles. The predicted molar refractivity (Wildman–Crippen MR) is 87.0 cm³/mol. The number of halogens is 3. The summed E-state index contributed by atoms with van der Waals surface area (Å²) in [4.78, 5) is 48.2. The zero-order chi connectivity index (χ0) is 20.2. The topological polar surface area (TPSA) is 110 Å². The first-order valence-electron chi connectivity index (χ1n) is 7.54. The molecule has 0 fully saturated rings. The molecule has 8 nitrogen and oxygen atoms in total. The van der Waals surface area contributed by atoms with E-state index in [4.69, 9.17) is 4.74 Å². The van der Waals surface area contributed by atoms with Crippen molar-refractivity contribution in [2.75, 3.05) is 5.32 Å². The van der Waals surface area contributed by atoms with Crippen molar-refractivity contribution < 1.29 is 27.5 Å². The van der Waals surface area contributed by atoms with Gasteiger partial charge in [-0.3, -0.25) is 23.9 Å². The Kier molecular flexibility index (Phi) is 5.83. The van der Waals surface area contributed by atoms with E-state index in [-0.39, 0.29) is 0 Å². The van der Waals surface area contributed by atoms with Gasteiger partial charge in [-0.25, -0.2) is 4.79 Å². The number of alkyl halides is 3. The Morgan fingerprint density at radius 1 is 1.22 bits per heavy atom. The summed E-state index contributed by atoms with van der Waals surface area (Å²) in [7, 11) is 0. The number of benzene rings is 1. The zero-order valence-electron chi connectivity index (χ0n) is 13.9. The SMILES string of the molecule is C[C@@H](OC(=O)Cn1ccc(=O)[nH]c1=O)C(=O)Nc1ccccc1C(F)(F)F. The minimum absolute atomic E-state index is 0.477. The maximum Gasteiger partial charge on any atom is 0.418 e. The Bertz CT molecular complexity index is 965. The van der Waals surface area contributed by atoms with Gasteiger partial charge in [0.2, 0.25) is 0 Å². The van der Waals surface area contributed by atoms with Gasteiger partial charge in [0.05, 0.1) is 11.3 Å². The van der Waals surface area contributed by atoms with E-state index >= 15 is 0 Å². The van der Waals surface area contributed by atoms with Crippen LogP contribution in [0.3, 0.4) is 0 Å². The Morgan fingerprint density at radius 3 is 2.52 bits per heavy atom. The van der Waals surface area contributed by atoms with Crippen LogP contribution in [0, 0.1) is 0 Å². The van der Waals surface area contributed by atoms with Crippen LogP contribution in [0.15, 0.2) is 46.1 Å². The highest BCUT2D eigenvalue weighted by Crippen LogP contribution is 2.34. The molecule has 0 saturated carbocycles. The summed E-state index contributed by atoms with van der Waals surface area (Å²) in [6.45, 7) is 0.575. The molecule has 0 aliphatic heterocycles. The zero-order valence-corrected chi connectivity index (χ0v) is 13.9. The van der Waals surface area contributed by atoms with Crippen molar-refractivity contribution in [1.29, 1.82) is 0 Å². The Morgan fingerprint density at radius 2 is 1.89 bits per heavy atom. The summed E-state index contributed by atoms with van der Waals surface area (Å²) < 4.78 is 44.4. The summed E-state index contributed by atoms with van der Waals surface area (Å²) in [5, 5.41) is 2.05. The van der Waals surface area contributed by atoms with Crippen molar-refractivity contribution in [3.63, 3.8) is 0 Å². The molecule has 1 heterocycles. The minimum atomic E-state index is -4.67. The summed E-state index contributed by atoms with van der Waals surface area (Å²) in [5.74, 6) is -1.97. The van der Waals surface area contributed by atoms with Gasteiger partial charge in [-0.1, -0.05) is 12.1 Å². The number of anilines is 1. The molecule has 2 aromatic rings. The van der Waals surface area contributed by atoms with Crippen molar-refractivity contribution in [2.24, 2.45) is 0 Å². The fourth-order valence-corrected chi connectivity index (χ4v) is 2.07. The van der Waals surface area contributed by atoms with Crippen LogP contribution < -0.4 is 16.6 Å². The number of aromatic nitrogens is 2. The van der Waals surface area contributed by atoms with E-state index in [0.29, 0.717) is 0 Å². The van der Waals surface area contributed by atoms with Gasteiger partial charge in [-0.2, -0.15) is 13.2 Å². The van der Waals surface area contributed by atoms with Gasteiger partial charge < -0.3 is 10.1 Å². The fourth-order valence-electron chi connectivity index (χ4n) is 2.07. The smallest absolute Gasteiger partial charge is 0.418 e. The lowest BCUT2D eigenvalue weighted by atomic mass is 10.1. The molecular weight excluding hydrogens is 371 g/mol. The molecule has 27 heavy (non-hydrogen) atoms. The van der Waals surface area contributed by atoms with E-state index in [0.717, 1.165) is 29.0 Å². The van der Waals surface area contributed by atoms with Gasteiger partial charge in [0.25, 0.3) is 11.5 Å². The van der Waals surface area contributed by atoms with Crippen LogP contribution in [0.25, 0.3) is 0 Å². The normalized spacial score (nSPS) is 12.3. The molecule has 1 amide bonds. The second kappa shape index (κ2) is 7.89. The van der Waals surface area contributed by atoms with Crippen molar-refractivity contribution in [2.45, 2.75) is 25.7 Å². The second-order valence-electron chi connectivity index (χ2n) is 5.40. The molecule has 0 radical (unpaired) electrons. The fraction of sp³-hybridized carbons (Fsp3) is 0.250. The maximum atomic E-state index is 12.9. The monoisotopic (exact) mass is 385 g/mol. The predicted octanol–water partition coefficient (Wildman–Crippen LogP) is 1.13. The van der Waals surface area contributed by atoms with E-state index in [1.807, 2.05) is 4.98 Å². The molecule has 0 aliphatic rings. The first-order chi connectivity index (χ1) is 12.6. The lowest BCUT2D eigenvalue weighted by molar-refractivity contribution is -0.153. The number of carbonyl (C=O) groups excluding carboxylic acids is 2. The van der Waals surface area contributed by atoms with Crippen LogP contribution in [0.4, 0.5) is 18.9 Å². The number of aromatic amines is 1. The Labute approximate surface area is 149 Å². The van der Waals surface area contributed by atoms with Crippen LogP contribution in [0.1, 0.15) is 12.5 Å². The van der Waals surface area contributed by atoms with E-state index in [2.05, 4.69) is 5.32 Å². The van der Waals surface area contributed by atoms with Gasteiger partial charge in [-0.05, 0) is 19.1 Å². The van der Waals surface area contributed by atoms with E-state index in [9.17, 15) is 32.3 Å². The van der Waals surface area contributed by atoms with Gasteiger partial charge in [0.1, 0.15) is 6.54 Å². The highest BCUT2D eigenvalue weighted by atomic mass is 19.4. The first-order valence-corrected chi connectivity index (χ1v) is 7.54. The van der Waals surface area contributed by atoms with Crippen molar-refractivity contribution in [1.82, 2.24) is 9.55 Å². The van der Waals surface area contributed by atoms with Crippen molar-refractivity contribution in [3.8, 4) is 0 Å². The number of esters is 1. The number of ether oxygens (including phenoxy) is 1. The van der Waals surface area contributed by atoms with Crippen LogP contribution in [-0.2, 0) is 27.0 Å². The number of H-pyrrole nitrogens is 1. The number of nitrogens with zero attached hydrogens (tertiary/aromatic N) is 1. The van der Waals surface area contributed by atoms with Crippen molar-refractivity contribution >= 4 is 17.6 Å². The molecule has 0 unspecified atom stereocenters. The van der Waals surface area contributed by atoms with Gasteiger partial charge in [0, 0.05) is 12.3 Å². The molecule has 0 spiro atoms. The number of nitrogens with one attached hydrogen (secondary N) is 2. The molecule has 0 saturated heterocycles. The molecule has 0 aliphatic carbocycles. The quantitative estimate of drug-likeness (QED) is 0.750. The summed E-state index contributed by atoms with van der Waals surface area (Å²) in [6, 6.07) is 5.36. The number of carbonyl (C=O) groups is 2. The number of hydrogen-bond acceptors (Lipinski definition) is 5. The van der Waals surface area contributed by atoms with E-state index in [1.165, 1.54) is 19.1 Å². The van der Waals surface area contributed by atoms with Crippen LogP contribution in [-0.4, -0.2) is 27.5 Å². The number of para-hydroxylation sites is 1. The third-order valence-electron chi connectivity index (χ3n) is 3.36. The van der Waals surface area contributed by atoms with Crippen LogP contribution in [0.5, 0.6) is 0 Å². The largest absolute Gasteiger partial charge is 0.451 e. The average Bonchev–Trinajstić information content (AvgIpc) is 2.57.